The van der Waals surface area contributed by atoms with Crippen LogP contribution in [0.25, 0.3) is 32.9 Å². The van der Waals surface area contributed by atoms with Gasteiger partial charge in [0, 0.05) is 28.6 Å². The first-order chi connectivity index (χ1) is 16.9. The van der Waals surface area contributed by atoms with Crippen LogP contribution < -0.4 is 10.1 Å². The SMILES string of the molecule is COc1cnc(Cl)cc1-c1cc(C)ncc1C(=O)Nc1nc2ncc(-c3coc(CO)c3)nc2s1. The van der Waals surface area contributed by atoms with Crippen molar-refractivity contribution in [2.75, 3.05) is 12.4 Å². The zero-order chi connectivity index (χ0) is 24.5. The maximum absolute atomic E-state index is 13.3. The molecule has 176 valence electrons. The Labute approximate surface area is 207 Å². The molecule has 1 amide bonds. The molecule has 0 fully saturated rings. The number of furan rings is 1. The second kappa shape index (κ2) is 9.37. The minimum atomic E-state index is -0.413. The van der Waals surface area contributed by atoms with Crippen LogP contribution in [-0.4, -0.2) is 43.0 Å². The number of nitrogens with zero attached hydrogens (tertiary/aromatic N) is 5. The number of carbonyl (C=O) groups excluding carboxylic acids is 1. The first kappa shape index (κ1) is 22.8. The number of aromatic nitrogens is 5. The number of ether oxygens (including phenoxy) is 1. The fourth-order valence-corrected chi connectivity index (χ4v) is 4.38. The topological polar surface area (TPSA) is 136 Å². The van der Waals surface area contributed by atoms with Crippen molar-refractivity contribution in [3.63, 3.8) is 0 Å². The summed E-state index contributed by atoms with van der Waals surface area (Å²) in [6.07, 6.45) is 6.05. The van der Waals surface area contributed by atoms with E-state index in [1.807, 2.05) is 6.92 Å². The lowest BCUT2D eigenvalue weighted by Crippen LogP contribution is -2.14. The molecule has 0 aliphatic heterocycles. The van der Waals surface area contributed by atoms with E-state index >= 15 is 0 Å². The smallest absolute Gasteiger partial charge is 0.259 e. The minimum absolute atomic E-state index is 0.208. The molecule has 5 rings (SSSR count). The molecule has 0 atom stereocenters. The molecule has 2 N–H and O–H groups in total. The highest BCUT2D eigenvalue weighted by atomic mass is 35.5. The highest BCUT2D eigenvalue weighted by molar-refractivity contribution is 7.21. The van der Waals surface area contributed by atoms with E-state index in [2.05, 4.69) is 30.2 Å². The van der Waals surface area contributed by atoms with E-state index < -0.39 is 5.91 Å². The number of halogens is 1. The number of aryl methyl sites for hydroxylation is 1. The van der Waals surface area contributed by atoms with Gasteiger partial charge in [0.2, 0.25) is 0 Å². The Morgan fingerprint density at radius 3 is 2.77 bits per heavy atom. The molecule has 35 heavy (non-hydrogen) atoms. The lowest BCUT2D eigenvalue weighted by Gasteiger charge is -2.13. The second-order valence-corrected chi connectivity index (χ2v) is 8.76. The summed E-state index contributed by atoms with van der Waals surface area (Å²) in [5, 5.41) is 12.6. The number of hydrogen-bond donors (Lipinski definition) is 2. The van der Waals surface area contributed by atoms with Gasteiger partial charge in [-0.3, -0.25) is 15.1 Å². The molecule has 10 nitrogen and oxygen atoms in total. The minimum Gasteiger partial charge on any atom is -0.494 e. The number of thiazole rings is 1. The molecule has 5 heterocycles. The zero-order valence-corrected chi connectivity index (χ0v) is 20.0. The van der Waals surface area contributed by atoms with Crippen LogP contribution >= 0.6 is 22.9 Å². The molecule has 0 aromatic carbocycles. The van der Waals surface area contributed by atoms with Gasteiger partial charge < -0.3 is 14.3 Å². The van der Waals surface area contributed by atoms with Gasteiger partial charge in [0.1, 0.15) is 29.5 Å². The molecule has 0 aliphatic rings. The maximum Gasteiger partial charge on any atom is 0.259 e. The van der Waals surface area contributed by atoms with Gasteiger partial charge in [-0.25, -0.2) is 15.0 Å². The number of aliphatic hydroxyl groups is 1. The van der Waals surface area contributed by atoms with Crippen molar-refractivity contribution < 1.29 is 19.1 Å². The molecule has 12 heteroatoms. The van der Waals surface area contributed by atoms with Gasteiger partial charge in [0.05, 0.1) is 30.8 Å². The molecule has 0 aliphatic carbocycles. The Bertz CT molecular complexity index is 1570. The van der Waals surface area contributed by atoms with Crippen LogP contribution in [0.1, 0.15) is 21.8 Å². The monoisotopic (exact) mass is 508 g/mol. The van der Waals surface area contributed by atoms with Gasteiger partial charge in [-0.15, -0.1) is 0 Å². The van der Waals surface area contributed by atoms with Crippen molar-refractivity contribution in [2.45, 2.75) is 13.5 Å². The Kier molecular flexibility index (Phi) is 6.12. The summed E-state index contributed by atoms with van der Waals surface area (Å²) in [6.45, 7) is 1.62. The molecule has 0 unspecified atom stereocenters. The van der Waals surface area contributed by atoms with Crippen LogP contribution in [0.3, 0.4) is 0 Å². The fraction of sp³-hybridized carbons (Fsp3) is 0.130. The third kappa shape index (κ3) is 4.56. The molecule has 0 radical (unpaired) electrons. The van der Waals surface area contributed by atoms with E-state index in [9.17, 15) is 9.90 Å². The third-order valence-electron chi connectivity index (χ3n) is 5.08. The van der Waals surface area contributed by atoms with Gasteiger partial charge >= 0.3 is 0 Å². The van der Waals surface area contributed by atoms with E-state index in [1.54, 1.807) is 24.4 Å². The summed E-state index contributed by atoms with van der Waals surface area (Å²) < 4.78 is 10.7. The molecule has 5 aromatic rings. The number of anilines is 1. The summed E-state index contributed by atoms with van der Waals surface area (Å²) in [7, 11) is 1.52. The van der Waals surface area contributed by atoms with Crippen molar-refractivity contribution in [2.24, 2.45) is 0 Å². The molecule has 0 spiro atoms. The Morgan fingerprint density at radius 1 is 1.14 bits per heavy atom. The largest absolute Gasteiger partial charge is 0.494 e. The number of fused-ring (bicyclic) bond motifs is 1. The molecular formula is C23H17ClN6O4S. The number of aliphatic hydroxyl groups excluding tert-OH is 1. The lowest BCUT2D eigenvalue weighted by molar-refractivity contribution is 0.102. The number of pyridine rings is 2. The Hall–Kier alpha value is -3.93. The summed E-state index contributed by atoms with van der Waals surface area (Å²) in [5.41, 5.74) is 3.88. The number of methoxy groups -OCH3 is 1. The predicted octanol–water partition coefficient (Wildman–Crippen LogP) is 4.52. The number of rotatable bonds is 6. The second-order valence-electron chi connectivity index (χ2n) is 7.40. The number of carbonyl (C=O) groups is 1. The quantitative estimate of drug-likeness (QED) is 0.317. The zero-order valence-electron chi connectivity index (χ0n) is 18.4. The number of amides is 1. The van der Waals surface area contributed by atoms with E-state index in [1.165, 1.54) is 37.1 Å². The van der Waals surface area contributed by atoms with Gasteiger partial charge in [0.15, 0.2) is 15.6 Å². The summed E-state index contributed by atoms with van der Waals surface area (Å²) >= 11 is 7.30. The highest BCUT2D eigenvalue weighted by Gasteiger charge is 2.20. The average molecular weight is 509 g/mol. The van der Waals surface area contributed by atoms with Crippen LogP contribution in [-0.2, 0) is 6.61 Å². The van der Waals surface area contributed by atoms with E-state index in [4.69, 9.17) is 20.8 Å². The van der Waals surface area contributed by atoms with Crippen LogP contribution in [0.5, 0.6) is 5.75 Å². The maximum atomic E-state index is 13.3. The standard InChI is InChI=1S/C23H17ClN6O4S/c1-11-3-14(15-5-19(24)26-8-18(15)33-2)16(6-25-11)21(32)30-23-29-20-22(35-23)28-17(7-27-20)12-4-13(9-31)34-10-12/h3-8,10,31H,9H2,1-2H3,(H,27,29,30,32). The predicted molar refractivity (Wildman–Crippen MR) is 131 cm³/mol. The van der Waals surface area contributed by atoms with Gasteiger partial charge in [-0.1, -0.05) is 22.9 Å². The highest BCUT2D eigenvalue weighted by Crippen LogP contribution is 2.34. The molecule has 0 bridgehead atoms. The Balaban J connectivity index is 1.47. The van der Waals surface area contributed by atoms with Crippen LogP contribution in [0.15, 0.2) is 47.5 Å². The van der Waals surface area contributed by atoms with Gasteiger partial charge in [-0.05, 0) is 25.1 Å². The third-order valence-corrected chi connectivity index (χ3v) is 6.14. The van der Waals surface area contributed by atoms with E-state index in [0.29, 0.717) is 55.1 Å². The van der Waals surface area contributed by atoms with Crippen molar-refractivity contribution in [3.8, 4) is 28.1 Å². The number of nitrogens with one attached hydrogen (secondary N) is 1. The Morgan fingerprint density at radius 2 is 2.00 bits per heavy atom. The van der Waals surface area contributed by atoms with Crippen molar-refractivity contribution in [3.05, 3.63) is 65.2 Å². The van der Waals surface area contributed by atoms with E-state index in [-0.39, 0.29) is 11.8 Å². The summed E-state index contributed by atoms with van der Waals surface area (Å²) in [4.78, 5) is 35.4. The lowest BCUT2D eigenvalue weighted by atomic mass is 10.0. The number of hydrogen-bond acceptors (Lipinski definition) is 10. The van der Waals surface area contributed by atoms with Gasteiger partial charge in [-0.2, -0.15) is 4.98 Å². The van der Waals surface area contributed by atoms with Crippen molar-refractivity contribution in [1.29, 1.82) is 0 Å². The van der Waals surface area contributed by atoms with Crippen LogP contribution in [0.2, 0.25) is 5.15 Å². The molecule has 0 saturated heterocycles. The molecule has 5 aromatic heterocycles. The molecule has 0 saturated carbocycles. The summed E-state index contributed by atoms with van der Waals surface area (Å²) in [6, 6.07) is 5.10. The van der Waals surface area contributed by atoms with Crippen LogP contribution in [0.4, 0.5) is 5.13 Å². The fourth-order valence-electron chi connectivity index (χ4n) is 3.43. The van der Waals surface area contributed by atoms with Crippen molar-refractivity contribution in [1.82, 2.24) is 24.9 Å². The van der Waals surface area contributed by atoms with Crippen LogP contribution in [0, 0.1) is 6.92 Å². The average Bonchev–Trinajstić information content (AvgIpc) is 3.50. The molecular weight excluding hydrogens is 492 g/mol. The van der Waals surface area contributed by atoms with E-state index in [0.717, 1.165) is 5.69 Å². The summed E-state index contributed by atoms with van der Waals surface area (Å²) in [5.74, 6) is 0.483. The first-order valence-corrected chi connectivity index (χ1v) is 11.4. The normalized spacial score (nSPS) is 11.1. The van der Waals surface area contributed by atoms with Gasteiger partial charge in [0.25, 0.3) is 5.91 Å². The first-order valence-electron chi connectivity index (χ1n) is 10.2. The van der Waals surface area contributed by atoms with Crippen molar-refractivity contribution >= 4 is 44.5 Å².